The van der Waals surface area contributed by atoms with Crippen molar-refractivity contribution in [2.45, 2.75) is 26.6 Å². The Labute approximate surface area is 142 Å². The molecule has 2 rings (SSSR count). The predicted molar refractivity (Wildman–Crippen MR) is 89.0 cm³/mol. The van der Waals surface area contributed by atoms with Crippen LogP contribution in [0.15, 0.2) is 40.0 Å². The summed E-state index contributed by atoms with van der Waals surface area (Å²) >= 11 is 1.58. The van der Waals surface area contributed by atoms with Crippen LogP contribution in [-0.2, 0) is 13.1 Å². The highest BCUT2D eigenvalue weighted by molar-refractivity contribution is 7.07. The van der Waals surface area contributed by atoms with E-state index in [0.717, 1.165) is 5.56 Å². The molecule has 0 aliphatic carbocycles. The topological polar surface area (TPSA) is 45.7 Å². The molecule has 1 aromatic carbocycles. The van der Waals surface area contributed by atoms with E-state index in [1.165, 1.54) is 18.2 Å². The average molecular weight is 357 g/mol. The molecule has 0 unspecified atom stereocenters. The Bertz CT molecular complexity index is 663. The van der Waals surface area contributed by atoms with E-state index in [-0.39, 0.29) is 17.9 Å². The molecule has 0 aliphatic rings. The van der Waals surface area contributed by atoms with Gasteiger partial charge in [-0.25, -0.2) is 9.38 Å². The van der Waals surface area contributed by atoms with Gasteiger partial charge in [-0.15, -0.1) is 0 Å². The molecular weight excluding hydrogens is 339 g/mol. The molecule has 1 aromatic heterocycles. The predicted octanol–water partition coefficient (Wildman–Crippen LogP) is 3.74. The number of ether oxygens (including phenoxy) is 1. The third kappa shape index (κ3) is 5.45. The van der Waals surface area contributed by atoms with Crippen molar-refractivity contribution in [2.75, 3.05) is 6.54 Å². The van der Waals surface area contributed by atoms with Crippen molar-refractivity contribution in [1.29, 1.82) is 0 Å². The number of thiophene rings is 1. The summed E-state index contributed by atoms with van der Waals surface area (Å²) in [6.45, 7) is -0.0459. The number of rotatable bonds is 7. The van der Waals surface area contributed by atoms with Crippen LogP contribution < -0.4 is 15.4 Å². The summed E-state index contributed by atoms with van der Waals surface area (Å²) in [6.07, 6.45) is 0. The van der Waals surface area contributed by atoms with Gasteiger partial charge >= 0.3 is 6.61 Å². The van der Waals surface area contributed by atoms with Crippen molar-refractivity contribution >= 4 is 17.3 Å². The minimum atomic E-state index is -3.01. The Kier molecular flexibility index (Phi) is 6.92. The minimum Gasteiger partial charge on any atom is -0.434 e. The first-order valence-corrected chi connectivity index (χ1v) is 8.30. The molecule has 0 bridgehead atoms. The SMILES string of the molecule is CCNC(=NCc1ccsc1)NCc1c(F)cccc1OC(F)F. The monoisotopic (exact) mass is 357 g/mol. The van der Waals surface area contributed by atoms with E-state index in [0.29, 0.717) is 19.0 Å². The lowest BCUT2D eigenvalue weighted by atomic mass is 10.2. The normalized spacial score (nSPS) is 11.6. The van der Waals surface area contributed by atoms with Crippen LogP contribution in [0.25, 0.3) is 0 Å². The van der Waals surface area contributed by atoms with E-state index in [2.05, 4.69) is 20.4 Å². The number of nitrogens with zero attached hydrogens (tertiary/aromatic N) is 1. The molecule has 1 heterocycles. The van der Waals surface area contributed by atoms with Gasteiger partial charge in [0.1, 0.15) is 11.6 Å². The highest BCUT2D eigenvalue weighted by Gasteiger charge is 2.14. The Balaban J connectivity index is 2.07. The van der Waals surface area contributed by atoms with Gasteiger partial charge in [0.15, 0.2) is 5.96 Å². The molecule has 0 radical (unpaired) electrons. The lowest BCUT2D eigenvalue weighted by Crippen LogP contribution is -2.37. The fourth-order valence-corrected chi connectivity index (χ4v) is 2.64. The van der Waals surface area contributed by atoms with E-state index in [9.17, 15) is 13.2 Å². The summed E-state index contributed by atoms with van der Waals surface area (Å²) < 4.78 is 43.1. The van der Waals surface area contributed by atoms with Gasteiger partial charge in [0.25, 0.3) is 0 Å². The first-order valence-electron chi connectivity index (χ1n) is 7.35. The second-order valence-electron chi connectivity index (χ2n) is 4.78. The Morgan fingerprint density at radius 1 is 1.29 bits per heavy atom. The van der Waals surface area contributed by atoms with E-state index >= 15 is 0 Å². The molecular formula is C16H18F3N3OS. The summed E-state index contributed by atoms with van der Waals surface area (Å²) in [5.74, 6) is -0.338. The number of benzene rings is 1. The van der Waals surface area contributed by atoms with Crippen LogP contribution in [0.5, 0.6) is 5.75 Å². The van der Waals surface area contributed by atoms with E-state index in [1.807, 2.05) is 23.8 Å². The van der Waals surface area contributed by atoms with Crippen LogP contribution in [0.2, 0.25) is 0 Å². The second-order valence-corrected chi connectivity index (χ2v) is 5.56. The van der Waals surface area contributed by atoms with Gasteiger partial charge in [0, 0.05) is 18.7 Å². The van der Waals surface area contributed by atoms with Crippen molar-refractivity contribution in [3.05, 3.63) is 52.0 Å². The highest BCUT2D eigenvalue weighted by Crippen LogP contribution is 2.23. The molecule has 4 nitrogen and oxygen atoms in total. The maximum absolute atomic E-state index is 13.9. The van der Waals surface area contributed by atoms with E-state index < -0.39 is 12.4 Å². The number of guanidine groups is 1. The average Bonchev–Trinajstić information content (AvgIpc) is 3.04. The number of aliphatic imine (C=N–C) groups is 1. The van der Waals surface area contributed by atoms with Crippen molar-refractivity contribution in [3.8, 4) is 5.75 Å². The smallest absolute Gasteiger partial charge is 0.387 e. The molecule has 24 heavy (non-hydrogen) atoms. The summed E-state index contributed by atoms with van der Waals surface area (Å²) in [6, 6.07) is 5.79. The van der Waals surface area contributed by atoms with Crippen LogP contribution in [0, 0.1) is 5.82 Å². The van der Waals surface area contributed by atoms with E-state index in [4.69, 9.17) is 0 Å². The molecule has 0 saturated heterocycles. The standard InChI is InChI=1S/C16H18F3N3OS/c1-2-20-16(21-8-11-6-7-24-10-11)22-9-12-13(17)4-3-5-14(12)23-15(18)19/h3-7,10,15H,2,8-9H2,1H3,(H2,20,21,22). The summed E-state index contributed by atoms with van der Waals surface area (Å²) in [5, 5.41) is 9.90. The maximum atomic E-state index is 13.9. The van der Waals surface area contributed by atoms with Crippen molar-refractivity contribution in [2.24, 2.45) is 4.99 Å². The van der Waals surface area contributed by atoms with Crippen molar-refractivity contribution in [3.63, 3.8) is 0 Å². The number of nitrogens with one attached hydrogen (secondary N) is 2. The zero-order valence-electron chi connectivity index (χ0n) is 13.1. The lowest BCUT2D eigenvalue weighted by Gasteiger charge is -2.15. The van der Waals surface area contributed by atoms with Crippen LogP contribution in [0.4, 0.5) is 13.2 Å². The summed E-state index contributed by atoms with van der Waals surface area (Å²) in [4.78, 5) is 4.38. The third-order valence-corrected chi connectivity index (χ3v) is 3.80. The van der Waals surface area contributed by atoms with Crippen molar-refractivity contribution < 1.29 is 17.9 Å². The van der Waals surface area contributed by atoms with Gasteiger partial charge < -0.3 is 15.4 Å². The largest absolute Gasteiger partial charge is 0.434 e. The van der Waals surface area contributed by atoms with E-state index in [1.54, 1.807) is 11.3 Å². The Hall–Kier alpha value is -2.22. The quantitative estimate of drug-likeness (QED) is 0.586. The van der Waals surface area contributed by atoms with Gasteiger partial charge in [0.2, 0.25) is 0 Å². The van der Waals surface area contributed by atoms with Crippen LogP contribution in [0.1, 0.15) is 18.1 Å². The molecule has 2 N–H and O–H groups in total. The fraction of sp³-hybridized carbons (Fsp3) is 0.312. The first-order chi connectivity index (χ1) is 11.6. The van der Waals surface area contributed by atoms with Crippen molar-refractivity contribution in [1.82, 2.24) is 10.6 Å². The Morgan fingerprint density at radius 3 is 2.79 bits per heavy atom. The van der Waals surface area contributed by atoms with Gasteiger partial charge in [-0.1, -0.05) is 6.07 Å². The summed E-state index contributed by atoms with van der Waals surface area (Å²) in [5.41, 5.74) is 1.09. The molecule has 0 atom stereocenters. The van der Waals surface area contributed by atoms with Gasteiger partial charge in [-0.3, -0.25) is 0 Å². The highest BCUT2D eigenvalue weighted by atomic mass is 32.1. The lowest BCUT2D eigenvalue weighted by molar-refractivity contribution is -0.0506. The van der Waals surface area contributed by atoms with Gasteiger partial charge in [0.05, 0.1) is 6.54 Å². The summed E-state index contributed by atoms with van der Waals surface area (Å²) in [7, 11) is 0. The first kappa shape index (κ1) is 18.1. The minimum absolute atomic E-state index is 0.0236. The number of halogens is 3. The zero-order valence-corrected chi connectivity index (χ0v) is 13.9. The zero-order chi connectivity index (χ0) is 17.4. The fourth-order valence-electron chi connectivity index (χ4n) is 1.98. The second kappa shape index (κ2) is 9.17. The number of hydrogen-bond acceptors (Lipinski definition) is 3. The van der Waals surface area contributed by atoms with Crippen LogP contribution in [0.3, 0.4) is 0 Å². The molecule has 0 aliphatic heterocycles. The van der Waals surface area contributed by atoms with Crippen LogP contribution in [-0.4, -0.2) is 19.1 Å². The molecule has 0 fully saturated rings. The number of alkyl halides is 2. The Morgan fingerprint density at radius 2 is 2.12 bits per heavy atom. The van der Waals surface area contributed by atoms with Gasteiger partial charge in [-0.05, 0) is 41.4 Å². The third-order valence-electron chi connectivity index (χ3n) is 3.07. The van der Waals surface area contributed by atoms with Gasteiger partial charge in [-0.2, -0.15) is 20.1 Å². The molecule has 0 saturated carbocycles. The molecule has 0 amide bonds. The molecule has 2 aromatic rings. The van der Waals surface area contributed by atoms with Crippen LogP contribution >= 0.6 is 11.3 Å². The molecule has 0 spiro atoms. The number of hydrogen-bond donors (Lipinski definition) is 2. The maximum Gasteiger partial charge on any atom is 0.387 e. The molecule has 130 valence electrons. The molecule has 8 heteroatoms.